The van der Waals surface area contributed by atoms with E-state index in [0.29, 0.717) is 6.54 Å². The van der Waals surface area contributed by atoms with Crippen molar-refractivity contribution in [3.63, 3.8) is 0 Å². The minimum Gasteiger partial charge on any atom is -0.350 e. The first-order valence-corrected chi connectivity index (χ1v) is 9.78. The van der Waals surface area contributed by atoms with Crippen molar-refractivity contribution in [3.05, 3.63) is 70.8 Å². The molecule has 0 spiro atoms. The Morgan fingerprint density at radius 2 is 1.71 bits per heavy atom. The molecule has 0 aliphatic rings. The van der Waals surface area contributed by atoms with Crippen LogP contribution in [0.1, 0.15) is 49.9 Å². The predicted octanol–water partition coefficient (Wildman–Crippen LogP) is 4.18. The zero-order valence-corrected chi connectivity index (χ0v) is 17.9. The summed E-state index contributed by atoms with van der Waals surface area (Å²) in [6.45, 7) is 12.1. The van der Waals surface area contributed by atoms with E-state index in [1.165, 1.54) is 0 Å². The number of nitrogens with zero attached hydrogens (tertiary/aromatic N) is 1. The summed E-state index contributed by atoms with van der Waals surface area (Å²) in [7, 11) is 0. The average Bonchev–Trinajstić information content (AvgIpc) is 2.59. The summed E-state index contributed by atoms with van der Waals surface area (Å²) >= 11 is 0. The summed E-state index contributed by atoms with van der Waals surface area (Å²) in [5.74, 6) is -0.189. The van der Waals surface area contributed by atoms with Crippen molar-refractivity contribution in [2.45, 2.75) is 66.1 Å². The van der Waals surface area contributed by atoms with Gasteiger partial charge in [0.15, 0.2) is 0 Å². The second kappa shape index (κ2) is 9.05. The molecule has 4 heteroatoms. The van der Waals surface area contributed by atoms with Crippen molar-refractivity contribution in [1.29, 1.82) is 0 Å². The quantitative estimate of drug-likeness (QED) is 0.817. The predicted molar refractivity (Wildman–Crippen MR) is 114 cm³/mol. The minimum absolute atomic E-state index is 0.0487. The molecule has 0 fully saturated rings. The zero-order valence-electron chi connectivity index (χ0n) is 17.9. The highest BCUT2D eigenvalue weighted by atomic mass is 16.2. The van der Waals surface area contributed by atoms with Gasteiger partial charge in [0.1, 0.15) is 6.04 Å². The van der Waals surface area contributed by atoms with Gasteiger partial charge in [-0.25, -0.2) is 0 Å². The lowest BCUT2D eigenvalue weighted by molar-refractivity contribution is -0.140. The Labute approximate surface area is 169 Å². The van der Waals surface area contributed by atoms with E-state index in [9.17, 15) is 9.59 Å². The fourth-order valence-electron chi connectivity index (χ4n) is 3.14. The maximum Gasteiger partial charge on any atom is 0.242 e. The van der Waals surface area contributed by atoms with Gasteiger partial charge in [-0.05, 0) is 58.2 Å². The van der Waals surface area contributed by atoms with Gasteiger partial charge in [-0.3, -0.25) is 9.59 Å². The molecule has 0 saturated carbocycles. The van der Waals surface area contributed by atoms with Gasteiger partial charge in [0, 0.05) is 12.1 Å². The van der Waals surface area contributed by atoms with Crippen LogP contribution in [-0.4, -0.2) is 28.3 Å². The highest BCUT2D eigenvalue weighted by Gasteiger charge is 2.28. The number of rotatable bonds is 6. The molecule has 0 heterocycles. The Balaban J connectivity index is 2.27. The third-order valence-corrected chi connectivity index (χ3v) is 4.70. The molecule has 1 N–H and O–H groups in total. The van der Waals surface area contributed by atoms with Crippen molar-refractivity contribution in [2.24, 2.45) is 0 Å². The molecule has 2 rings (SSSR count). The second-order valence-corrected chi connectivity index (χ2v) is 8.53. The number of hydrogen-bond acceptors (Lipinski definition) is 2. The molecule has 1 unspecified atom stereocenters. The van der Waals surface area contributed by atoms with Gasteiger partial charge < -0.3 is 10.2 Å². The Morgan fingerprint density at radius 1 is 1.04 bits per heavy atom. The first-order chi connectivity index (χ1) is 13.1. The number of benzene rings is 2. The van der Waals surface area contributed by atoms with Crippen LogP contribution in [0.2, 0.25) is 0 Å². The van der Waals surface area contributed by atoms with E-state index >= 15 is 0 Å². The Hall–Kier alpha value is -2.62. The number of carbonyl (C=O) groups is 2. The summed E-state index contributed by atoms with van der Waals surface area (Å²) < 4.78 is 0. The van der Waals surface area contributed by atoms with Crippen molar-refractivity contribution in [1.82, 2.24) is 10.2 Å². The monoisotopic (exact) mass is 380 g/mol. The maximum atomic E-state index is 13.2. The molecule has 2 aromatic rings. The van der Waals surface area contributed by atoms with Crippen LogP contribution in [0.15, 0.2) is 48.5 Å². The third-order valence-electron chi connectivity index (χ3n) is 4.70. The topological polar surface area (TPSA) is 49.4 Å². The fourth-order valence-corrected chi connectivity index (χ4v) is 3.14. The van der Waals surface area contributed by atoms with Crippen molar-refractivity contribution in [2.75, 3.05) is 0 Å². The average molecular weight is 381 g/mol. The molecule has 150 valence electrons. The molecule has 0 aliphatic carbocycles. The molecule has 0 aliphatic heterocycles. The number of hydrogen-bond donors (Lipinski definition) is 1. The van der Waals surface area contributed by atoms with Gasteiger partial charge in [0.2, 0.25) is 11.8 Å². The number of carbonyl (C=O) groups excluding carboxylic acids is 2. The number of aryl methyl sites for hydroxylation is 2. The lowest BCUT2D eigenvalue weighted by Crippen LogP contribution is -2.52. The van der Waals surface area contributed by atoms with Gasteiger partial charge in [0.05, 0.1) is 6.42 Å². The summed E-state index contributed by atoms with van der Waals surface area (Å²) in [6.07, 6.45) is 0.283. The minimum atomic E-state index is -0.559. The van der Waals surface area contributed by atoms with Gasteiger partial charge in [0.25, 0.3) is 0 Å². The molecule has 0 radical (unpaired) electrons. The smallest absolute Gasteiger partial charge is 0.242 e. The molecule has 0 saturated heterocycles. The van der Waals surface area contributed by atoms with E-state index in [1.807, 2.05) is 77.1 Å². The molecular formula is C24H32N2O2. The van der Waals surface area contributed by atoms with Gasteiger partial charge >= 0.3 is 0 Å². The zero-order chi connectivity index (χ0) is 20.9. The highest BCUT2D eigenvalue weighted by Crippen LogP contribution is 2.16. The molecule has 2 aromatic carbocycles. The summed E-state index contributed by atoms with van der Waals surface area (Å²) in [5, 5.41) is 2.99. The molecule has 0 aromatic heterocycles. The maximum absolute atomic E-state index is 13.2. The molecule has 28 heavy (non-hydrogen) atoms. The van der Waals surface area contributed by atoms with Crippen molar-refractivity contribution in [3.8, 4) is 0 Å². The Kier molecular flexibility index (Phi) is 7.00. The first-order valence-electron chi connectivity index (χ1n) is 9.78. The summed E-state index contributed by atoms with van der Waals surface area (Å²) in [6, 6.07) is 15.4. The van der Waals surface area contributed by atoms with E-state index < -0.39 is 6.04 Å². The Bertz CT molecular complexity index is 836. The standard InChI is InChI=1S/C24H32N2O2/c1-17-10-9-12-20(14-17)16-26(19(3)23(28)25-24(4,5)6)22(27)15-21-13-8-7-11-18(21)2/h7-14,19H,15-16H2,1-6H3,(H,25,28). The van der Waals surface area contributed by atoms with E-state index in [2.05, 4.69) is 11.4 Å². The van der Waals surface area contributed by atoms with Crippen LogP contribution >= 0.6 is 0 Å². The van der Waals surface area contributed by atoms with Crippen LogP contribution in [-0.2, 0) is 22.6 Å². The molecule has 4 nitrogen and oxygen atoms in total. The number of amides is 2. The molecule has 0 bridgehead atoms. The molecule has 1 atom stereocenters. The lowest BCUT2D eigenvalue weighted by atomic mass is 10.0. The summed E-state index contributed by atoms with van der Waals surface area (Å²) in [4.78, 5) is 27.7. The van der Waals surface area contributed by atoms with Gasteiger partial charge in [-0.15, -0.1) is 0 Å². The normalized spacial score (nSPS) is 12.4. The Morgan fingerprint density at radius 3 is 2.32 bits per heavy atom. The second-order valence-electron chi connectivity index (χ2n) is 8.53. The van der Waals surface area contributed by atoms with Crippen LogP contribution in [0, 0.1) is 13.8 Å². The van der Waals surface area contributed by atoms with E-state index in [4.69, 9.17) is 0 Å². The highest BCUT2D eigenvalue weighted by molar-refractivity contribution is 5.88. The van der Waals surface area contributed by atoms with E-state index in [0.717, 1.165) is 22.3 Å². The van der Waals surface area contributed by atoms with Crippen LogP contribution in [0.3, 0.4) is 0 Å². The van der Waals surface area contributed by atoms with Crippen molar-refractivity contribution >= 4 is 11.8 Å². The van der Waals surface area contributed by atoms with E-state index in [-0.39, 0.29) is 23.8 Å². The SMILES string of the molecule is Cc1cccc(CN(C(=O)Cc2ccccc2C)C(C)C(=O)NC(C)(C)C)c1. The van der Waals surface area contributed by atoms with Gasteiger partial charge in [-0.1, -0.05) is 54.1 Å². The fraction of sp³-hybridized carbons (Fsp3) is 0.417. The first kappa shape index (κ1) is 21.7. The van der Waals surface area contributed by atoms with Gasteiger partial charge in [-0.2, -0.15) is 0 Å². The molecular weight excluding hydrogens is 348 g/mol. The molecule has 2 amide bonds. The summed E-state index contributed by atoms with van der Waals surface area (Å²) in [5.41, 5.74) is 3.88. The van der Waals surface area contributed by atoms with Crippen molar-refractivity contribution < 1.29 is 9.59 Å². The van der Waals surface area contributed by atoms with Crippen LogP contribution in [0.5, 0.6) is 0 Å². The van der Waals surface area contributed by atoms with Crippen LogP contribution in [0.25, 0.3) is 0 Å². The number of nitrogens with one attached hydrogen (secondary N) is 1. The van der Waals surface area contributed by atoms with Crippen LogP contribution < -0.4 is 5.32 Å². The third kappa shape index (κ3) is 6.22. The lowest BCUT2D eigenvalue weighted by Gasteiger charge is -2.31. The largest absolute Gasteiger partial charge is 0.350 e. The van der Waals surface area contributed by atoms with Crippen LogP contribution in [0.4, 0.5) is 0 Å². The van der Waals surface area contributed by atoms with E-state index in [1.54, 1.807) is 11.8 Å².